The summed E-state index contributed by atoms with van der Waals surface area (Å²) < 4.78 is 9.89. The molecule has 0 amide bonds. The van der Waals surface area contributed by atoms with E-state index in [1.54, 1.807) is 0 Å². The van der Waals surface area contributed by atoms with Crippen LogP contribution < -0.4 is 0 Å². The van der Waals surface area contributed by atoms with E-state index in [-0.39, 0.29) is 5.78 Å². The van der Waals surface area contributed by atoms with Crippen LogP contribution in [0, 0.1) is 0 Å². The molecule has 0 saturated heterocycles. The topological polar surface area (TPSA) is 52.6 Å². The highest BCUT2D eigenvalue weighted by molar-refractivity contribution is 5.90. The van der Waals surface area contributed by atoms with Gasteiger partial charge in [0.05, 0.1) is 13.2 Å². The molecule has 0 aromatic heterocycles. The first kappa shape index (κ1) is 11.8. The van der Waals surface area contributed by atoms with Crippen LogP contribution in [0.1, 0.15) is 32.6 Å². The van der Waals surface area contributed by atoms with Gasteiger partial charge in [-0.2, -0.15) is 0 Å². The molecule has 4 nitrogen and oxygen atoms in total. The van der Waals surface area contributed by atoms with E-state index in [2.05, 4.69) is 0 Å². The maximum absolute atomic E-state index is 11.6. The first-order chi connectivity index (χ1) is 7.17. The van der Waals surface area contributed by atoms with Crippen molar-refractivity contribution >= 4 is 11.8 Å². The van der Waals surface area contributed by atoms with Gasteiger partial charge in [-0.05, 0) is 6.42 Å². The molecule has 0 bridgehead atoms. The van der Waals surface area contributed by atoms with Gasteiger partial charge in [0.15, 0.2) is 11.9 Å². The lowest BCUT2D eigenvalue weighted by Gasteiger charge is -2.21. The highest BCUT2D eigenvalue weighted by Crippen LogP contribution is 2.18. The number of rotatable bonds is 5. The Balaban J connectivity index is 2.54. The van der Waals surface area contributed by atoms with Crippen LogP contribution in [0.3, 0.4) is 0 Å². The summed E-state index contributed by atoms with van der Waals surface area (Å²) in [6.45, 7) is 2.01. The molecule has 1 heterocycles. The first-order valence-corrected chi connectivity index (χ1v) is 5.15. The lowest BCUT2D eigenvalue weighted by Crippen LogP contribution is -2.30. The number of hydrogen-bond donors (Lipinski definition) is 0. The number of ketones is 1. The highest BCUT2D eigenvalue weighted by Gasteiger charge is 2.27. The molecule has 0 spiro atoms. The predicted molar refractivity (Wildman–Crippen MR) is 54.1 cm³/mol. The molecule has 0 radical (unpaired) electrons. The molecule has 0 fully saturated rings. The standard InChI is InChI=1S/C11H16O4/c1-3-4-5-9(12)10-6-8(14-2)7-11(13)15-10/h7,10H,3-6H2,1-2H3. The highest BCUT2D eigenvalue weighted by atomic mass is 16.6. The van der Waals surface area contributed by atoms with E-state index in [1.165, 1.54) is 13.2 Å². The number of hydrogen-bond acceptors (Lipinski definition) is 4. The minimum atomic E-state index is -0.649. The van der Waals surface area contributed by atoms with Crippen LogP contribution in [0.15, 0.2) is 11.8 Å². The van der Waals surface area contributed by atoms with Gasteiger partial charge in [0.25, 0.3) is 0 Å². The van der Waals surface area contributed by atoms with Crippen LogP contribution in [0.2, 0.25) is 0 Å². The molecule has 1 aliphatic heterocycles. The maximum atomic E-state index is 11.6. The molecule has 0 aliphatic carbocycles. The minimum Gasteiger partial charge on any atom is -0.501 e. The number of methoxy groups -OCH3 is 1. The van der Waals surface area contributed by atoms with Gasteiger partial charge in [-0.25, -0.2) is 4.79 Å². The number of carbonyl (C=O) groups excluding carboxylic acids is 2. The second kappa shape index (κ2) is 5.53. The third-order valence-corrected chi connectivity index (χ3v) is 2.32. The second-order valence-corrected chi connectivity index (χ2v) is 3.51. The van der Waals surface area contributed by atoms with Crippen molar-refractivity contribution < 1.29 is 19.1 Å². The summed E-state index contributed by atoms with van der Waals surface area (Å²) in [7, 11) is 1.48. The summed E-state index contributed by atoms with van der Waals surface area (Å²) in [5.41, 5.74) is 0. The van der Waals surface area contributed by atoms with E-state index in [0.717, 1.165) is 12.8 Å². The number of esters is 1. The van der Waals surface area contributed by atoms with Crippen LogP contribution in [-0.4, -0.2) is 25.0 Å². The summed E-state index contributed by atoms with van der Waals surface area (Å²) in [6, 6.07) is 0. The molecular weight excluding hydrogens is 196 g/mol. The fraction of sp³-hybridized carbons (Fsp3) is 0.636. The molecule has 0 aromatic carbocycles. The maximum Gasteiger partial charge on any atom is 0.334 e. The molecule has 0 aromatic rings. The number of unbranched alkanes of at least 4 members (excludes halogenated alkanes) is 1. The van der Waals surface area contributed by atoms with Crippen LogP contribution in [-0.2, 0) is 19.1 Å². The van der Waals surface area contributed by atoms with Crippen LogP contribution in [0.4, 0.5) is 0 Å². The average molecular weight is 212 g/mol. The van der Waals surface area contributed by atoms with E-state index in [1.807, 2.05) is 6.92 Å². The van der Waals surface area contributed by atoms with Gasteiger partial charge in [-0.15, -0.1) is 0 Å². The largest absolute Gasteiger partial charge is 0.501 e. The Morgan fingerprint density at radius 1 is 1.67 bits per heavy atom. The summed E-state index contributed by atoms with van der Waals surface area (Å²) >= 11 is 0. The summed E-state index contributed by atoms with van der Waals surface area (Å²) in [5.74, 6) is 0.00176. The van der Waals surface area contributed by atoms with E-state index in [4.69, 9.17) is 9.47 Å². The minimum absolute atomic E-state index is 0.0205. The molecule has 15 heavy (non-hydrogen) atoms. The van der Waals surface area contributed by atoms with E-state index < -0.39 is 12.1 Å². The predicted octanol–water partition coefficient (Wildman–Crippen LogP) is 1.59. The Morgan fingerprint density at radius 3 is 3.00 bits per heavy atom. The zero-order valence-corrected chi connectivity index (χ0v) is 9.12. The first-order valence-electron chi connectivity index (χ1n) is 5.15. The lowest BCUT2D eigenvalue weighted by molar-refractivity contribution is -0.152. The molecule has 1 aliphatic rings. The molecular formula is C11H16O4. The van der Waals surface area contributed by atoms with Crippen molar-refractivity contribution in [1.82, 2.24) is 0 Å². The third kappa shape index (κ3) is 3.38. The quantitative estimate of drug-likeness (QED) is 0.649. The van der Waals surface area contributed by atoms with Crippen molar-refractivity contribution in [1.29, 1.82) is 0 Å². The molecule has 0 saturated carbocycles. The zero-order valence-electron chi connectivity index (χ0n) is 9.12. The number of carbonyl (C=O) groups is 2. The van der Waals surface area contributed by atoms with Gasteiger partial charge in [-0.1, -0.05) is 13.3 Å². The molecule has 1 unspecified atom stereocenters. The van der Waals surface area contributed by atoms with Crippen molar-refractivity contribution in [2.24, 2.45) is 0 Å². The SMILES string of the molecule is CCCCC(=O)C1CC(OC)=CC(=O)O1. The summed E-state index contributed by atoms with van der Waals surface area (Å²) in [4.78, 5) is 22.7. The molecule has 84 valence electrons. The van der Waals surface area contributed by atoms with Crippen LogP contribution in [0.25, 0.3) is 0 Å². The Labute approximate surface area is 89.2 Å². The van der Waals surface area contributed by atoms with Gasteiger partial charge in [0, 0.05) is 12.8 Å². The Hall–Kier alpha value is -1.32. The lowest BCUT2D eigenvalue weighted by atomic mass is 10.0. The fourth-order valence-corrected chi connectivity index (χ4v) is 1.42. The monoisotopic (exact) mass is 212 g/mol. The van der Waals surface area contributed by atoms with Gasteiger partial charge in [-0.3, -0.25) is 4.79 Å². The van der Waals surface area contributed by atoms with Crippen molar-refractivity contribution in [3.05, 3.63) is 11.8 Å². The van der Waals surface area contributed by atoms with Crippen molar-refractivity contribution in [3.8, 4) is 0 Å². The smallest absolute Gasteiger partial charge is 0.334 e. The van der Waals surface area contributed by atoms with Gasteiger partial charge < -0.3 is 9.47 Å². The van der Waals surface area contributed by atoms with Crippen molar-refractivity contribution in [2.45, 2.75) is 38.7 Å². The van der Waals surface area contributed by atoms with Gasteiger partial charge in [0.2, 0.25) is 0 Å². The number of cyclic esters (lactones) is 1. The Morgan fingerprint density at radius 2 is 2.40 bits per heavy atom. The third-order valence-electron chi connectivity index (χ3n) is 2.32. The summed E-state index contributed by atoms with van der Waals surface area (Å²) in [5, 5.41) is 0. The summed E-state index contributed by atoms with van der Waals surface area (Å²) in [6.07, 6.45) is 3.25. The Bertz CT molecular complexity index is 280. The van der Waals surface area contributed by atoms with Gasteiger partial charge >= 0.3 is 5.97 Å². The van der Waals surface area contributed by atoms with Crippen molar-refractivity contribution in [3.63, 3.8) is 0 Å². The van der Waals surface area contributed by atoms with E-state index in [0.29, 0.717) is 18.6 Å². The Kier molecular flexibility index (Phi) is 4.34. The van der Waals surface area contributed by atoms with E-state index >= 15 is 0 Å². The zero-order chi connectivity index (χ0) is 11.3. The van der Waals surface area contributed by atoms with E-state index in [9.17, 15) is 9.59 Å². The van der Waals surface area contributed by atoms with Crippen LogP contribution >= 0.6 is 0 Å². The molecule has 4 heteroatoms. The molecule has 1 atom stereocenters. The van der Waals surface area contributed by atoms with Crippen molar-refractivity contribution in [2.75, 3.05) is 7.11 Å². The molecule has 0 N–H and O–H groups in total. The second-order valence-electron chi connectivity index (χ2n) is 3.51. The fourth-order valence-electron chi connectivity index (χ4n) is 1.42. The van der Waals surface area contributed by atoms with Crippen LogP contribution in [0.5, 0.6) is 0 Å². The molecule has 1 rings (SSSR count). The normalized spacial score (nSPS) is 20.5. The number of Topliss-reactive ketones (excluding diaryl/α,β-unsaturated/α-hetero) is 1. The van der Waals surface area contributed by atoms with Gasteiger partial charge in [0.1, 0.15) is 5.76 Å². The average Bonchev–Trinajstić information content (AvgIpc) is 2.24. The number of ether oxygens (including phenoxy) is 2.